The fourth-order valence-electron chi connectivity index (χ4n) is 7.21. The zero-order chi connectivity index (χ0) is 27.9. The Morgan fingerprint density at radius 2 is 1.54 bits per heavy atom. The maximum atomic E-state index is 4.84. The van der Waals surface area contributed by atoms with Crippen LogP contribution in [0.2, 0.25) is 0 Å². The first kappa shape index (κ1) is 25.7. The normalized spacial score (nSPS) is 17.6. The second kappa shape index (κ2) is 10.6. The van der Waals surface area contributed by atoms with E-state index in [1.807, 2.05) is 0 Å². The first-order valence-corrected chi connectivity index (χ1v) is 15.1. The molecule has 0 spiro atoms. The zero-order valence-electron chi connectivity index (χ0n) is 24.1. The van der Waals surface area contributed by atoms with E-state index in [-0.39, 0.29) is 6.04 Å². The Bertz CT molecular complexity index is 1750. The molecule has 41 heavy (non-hydrogen) atoms. The number of pyridine rings is 2. The maximum Gasteiger partial charge on any atom is 0.213 e. The van der Waals surface area contributed by atoms with E-state index < -0.39 is 0 Å². The summed E-state index contributed by atoms with van der Waals surface area (Å²) in [4.78, 5) is 0. The molecule has 7 rings (SSSR count). The van der Waals surface area contributed by atoms with Gasteiger partial charge in [0.05, 0.1) is 11.5 Å². The van der Waals surface area contributed by atoms with Crippen LogP contribution in [0.3, 0.4) is 0 Å². The third kappa shape index (κ3) is 4.62. The molecule has 2 atom stereocenters. The molecule has 2 heteroatoms. The van der Waals surface area contributed by atoms with Crippen LogP contribution in [0.15, 0.2) is 128 Å². The van der Waals surface area contributed by atoms with Gasteiger partial charge in [0, 0.05) is 41.8 Å². The molecule has 0 fully saturated rings. The summed E-state index contributed by atoms with van der Waals surface area (Å²) in [6, 6.07) is 40.6. The number of benzene rings is 3. The predicted molar refractivity (Wildman–Crippen MR) is 167 cm³/mol. The van der Waals surface area contributed by atoms with Crippen LogP contribution in [0.4, 0.5) is 0 Å². The Morgan fingerprint density at radius 3 is 2.39 bits per heavy atom. The lowest BCUT2D eigenvalue weighted by atomic mass is 9.76. The van der Waals surface area contributed by atoms with Crippen LogP contribution in [0.25, 0.3) is 33.6 Å². The second-order valence-electron chi connectivity index (χ2n) is 12.2. The molecular formula is C39H38N2+2. The molecule has 2 aromatic heterocycles. The number of hydrogen-bond donors (Lipinski definition) is 0. The van der Waals surface area contributed by atoms with Crippen LogP contribution in [-0.4, -0.2) is 0 Å². The smallest absolute Gasteiger partial charge is 0.194 e. The Labute approximate surface area is 244 Å². The Hall–Kier alpha value is -4.30. The van der Waals surface area contributed by atoms with Crippen LogP contribution < -0.4 is 9.13 Å². The average molecular weight is 535 g/mol. The number of aryl methyl sites for hydroxylation is 1. The molecule has 0 radical (unpaired) electrons. The average Bonchev–Trinajstić information content (AvgIpc) is 3.00. The lowest BCUT2D eigenvalue weighted by Crippen LogP contribution is -2.53. The van der Waals surface area contributed by atoms with Gasteiger partial charge in [-0.25, -0.2) is 0 Å². The summed E-state index contributed by atoms with van der Waals surface area (Å²) in [5.74, 6) is 0.940. The third-order valence-electron chi connectivity index (χ3n) is 8.97. The van der Waals surface area contributed by atoms with Crippen LogP contribution in [0, 0.1) is 5.92 Å². The molecule has 3 aromatic carbocycles. The van der Waals surface area contributed by atoms with Gasteiger partial charge in [-0.2, -0.15) is 9.13 Å². The van der Waals surface area contributed by atoms with Crippen molar-refractivity contribution in [3.63, 3.8) is 0 Å². The highest BCUT2D eigenvalue weighted by Crippen LogP contribution is 2.45. The van der Waals surface area contributed by atoms with Crippen molar-refractivity contribution in [1.29, 1.82) is 0 Å². The van der Waals surface area contributed by atoms with Gasteiger partial charge in [0.2, 0.25) is 11.4 Å². The van der Waals surface area contributed by atoms with Crippen molar-refractivity contribution in [2.24, 2.45) is 5.92 Å². The molecule has 0 bridgehead atoms. The molecular weight excluding hydrogens is 496 g/mol. The Kier molecular flexibility index (Phi) is 6.63. The number of nitrogens with zero attached hydrogens (tertiary/aromatic N) is 2. The van der Waals surface area contributed by atoms with Gasteiger partial charge < -0.3 is 0 Å². The molecule has 0 saturated heterocycles. The quantitative estimate of drug-likeness (QED) is 0.162. The summed E-state index contributed by atoms with van der Waals surface area (Å²) in [5.41, 5.74) is 13.4. The van der Waals surface area contributed by atoms with Gasteiger partial charge in [-0.3, -0.25) is 0 Å². The minimum atomic E-state index is 0.209. The largest absolute Gasteiger partial charge is 0.213 e. The lowest BCUT2D eigenvalue weighted by Gasteiger charge is -2.33. The van der Waals surface area contributed by atoms with Crippen molar-refractivity contribution in [3.8, 4) is 33.6 Å². The molecule has 5 aromatic rings. The van der Waals surface area contributed by atoms with E-state index in [1.54, 1.807) is 0 Å². The molecule has 2 aliphatic rings. The molecule has 0 N–H and O–H groups in total. The zero-order valence-corrected chi connectivity index (χ0v) is 24.1. The fraction of sp³-hybridized carbons (Fsp3) is 0.231. The van der Waals surface area contributed by atoms with Gasteiger partial charge in [-0.15, -0.1) is 0 Å². The topological polar surface area (TPSA) is 7.76 Å². The van der Waals surface area contributed by atoms with Gasteiger partial charge >= 0.3 is 0 Å². The fourth-order valence-corrected chi connectivity index (χ4v) is 7.21. The van der Waals surface area contributed by atoms with E-state index in [9.17, 15) is 0 Å². The van der Waals surface area contributed by atoms with E-state index >= 15 is 0 Å². The van der Waals surface area contributed by atoms with Crippen molar-refractivity contribution in [2.75, 3.05) is 0 Å². The monoisotopic (exact) mass is 534 g/mol. The van der Waals surface area contributed by atoms with Gasteiger partial charge in [-0.05, 0) is 65.3 Å². The Balaban J connectivity index is 1.41. The van der Waals surface area contributed by atoms with E-state index in [2.05, 4.69) is 138 Å². The van der Waals surface area contributed by atoms with Crippen molar-refractivity contribution in [3.05, 3.63) is 144 Å². The lowest BCUT2D eigenvalue weighted by molar-refractivity contribution is -0.728. The summed E-state index contributed by atoms with van der Waals surface area (Å²) in [6.07, 6.45) is 5.39. The molecule has 0 amide bonds. The summed E-state index contributed by atoms with van der Waals surface area (Å²) in [6.45, 7) is 10.3. The summed E-state index contributed by atoms with van der Waals surface area (Å²) in [5, 5.41) is 0. The van der Waals surface area contributed by atoms with Crippen molar-refractivity contribution in [1.82, 2.24) is 0 Å². The number of rotatable bonds is 3. The van der Waals surface area contributed by atoms with E-state index in [0.717, 1.165) is 25.8 Å². The highest BCUT2D eigenvalue weighted by Gasteiger charge is 2.44. The van der Waals surface area contributed by atoms with Crippen molar-refractivity contribution < 1.29 is 9.13 Å². The van der Waals surface area contributed by atoms with Gasteiger partial charge in [0.1, 0.15) is 0 Å². The molecule has 2 aliphatic heterocycles. The number of aromatic nitrogens is 2. The first-order chi connectivity index (χ1) is 20.1. The Morgan fingerprint density at radius 1 is 0.756 bits per heavy atom. The van der Waals surface area contributed by atoms with Gasteiger partial charge in [0.15, 0.2) is 24.5 Å². The van der Waals surface area contributed by atoms with Crippen LogP contribution in [0.5, 0.6) is 0 Å². The molecule has 0 aliphatic carbocycles. The summed E-state index contributed by atoms with van der Waals surface area (Å²) in [7, 11) is 0. The van der Waals surface area contributed by atoms with Crippen LogP contribution in [0.1, 0.15) is 49.0 Å². The van der Waals surface area contributed by atoms with Gasteiger partial charge in [-0.1, -0.05) is 81.1 Å². The van der Waals surface area contributed by atoms with Crippen LogP contribution in [-0.2, 0) is 19.4 Å². The van der Waals surface area contributed by atoms with Crippen molar-refractivity contribution >= 4 is 0 Å². The predicted octanol–water partition coefficient (Wildman–Crippen LogP) is 8.30. The molecule has 2 nitrogen and oxygen atoms in total. The molecule has 202 valence electrons. The van der Waals surface area contributed by atoms with Crippen molar-refractivity contribution in [2.45, 2.75) is 51.6 Å². The standard InChI is InChI=1S/C39H38N2/c1-27(2)24-32-14-11-18-38-34-16-8-7-15-33(34)35-22-21-30-19-20-31(29-12-5-4-6-13-29)25-36(30)37-17-9-10-23-40(37)26-28(3)39(35)41(32)38/h4-20,23,25,27,35,39H,3,21-22,24,26H2,1-2H3/q+2. The van der Waals surface area contributed by atoms with Crippen LogP contribution >= 0.6 is 0 Å². The van der Waals surface area contributed by atoms with Gasteiger partial charge in [0.25, 0.3) is 0 Å². The number of hydrogen-bond acceptors (Lipinski definition) is 0. The summed E-state index contributed by atoms with van der Waals surface area (Å²) < 4.78 is 5.07. The summed E-state index contributed by atoms with van der Waals surface area (Å²) >= 11 is 0. The van der Waals surface area contributed by atoms with E-state index in [0.29, 0.717) is 11.8 Å². The second-order valence-corrected chi connectivity index (χ2v) is 12.2. The minimum Gasteiger partial charge on any atom is -0.194 e. The van der Waals surface area contributed by atoms with E-state index in [1.165, 1.54) is 56.0 Å². The molecule has 4 heterocycles. The molecule has 2 unspecified atom stereocenters. The highest BCUT2D eigenvalue weighted by atomic mass is 15.1. The molecule has 0 saturated carbocycles. The minimum absolute atomic E-state index is 0.209. The number of fused-ring (bicyclic) bond motifs is 9. The van der Waals surface area contributed by atoms with E-state index in [4.69, 9.17) is 6.58 Å². The third-order valence-corrected chi connectivity index (χ3v) is 8.97. The SMILES string of the molecule is C=C1C[n+]2ccccc2-c2cc(-c3ccccc3)ccc2CCC2c3ccccc3-c3cccc(CC(C)C)[n+]3C12. The number of allylic oxidation sites excluding steroid dienone is 1. The highest BCUT2D eigenvalue weighted by molar-refractivity contribution is 5.73. The maximum absolute atomic E-state index is 4.84. The first-order valence-electron chi connectivity index (χ1n) is 15.1.